The van der Waals surface area contributed by atoms with Crippen molar-refractivity contribution in [2.24, 2.45) is 0 Å². The van der Waals surface area contributed by atoms with Crippen molar-refractivity contribution in [2.75, 3.05) is 4.72 Å². The quantitative estimate of drug-likeness (QED) is 0.907. The van der Waals surface area contributed by atoms with Crippen LogP contribution in [0.5, 0.6) is 0 Å². The molecule has 0 fully saturated rings. The van der Waals surface area contributed by atoms with Crippen LogP contribution in [0.25, 0.3) is 0 Å². The van der Waals surface area contributed by atoms with Gasteiger partial charge in [0.1, 0.15) is 4.88 Å². The van der Waals surface area contributed by atoms with E-state index in [9.17, 15) is 22.0 Å². The van der Waals surface area contributed by atoms with Gasteiger partial charge in [0.05, 0.1) is 10.6 Å². The molecule has 2 aromatic rings. The number of sulfonamides is 1. The van der Waals surface area contributed by atoms with Crippen LogP contribution in [0.15, 0.2) is 34.5 Å². The molecule has 0 amide bonds. The molecule has 106 valence electrons. The average Bonchev–Trinajstić information content (AvgIpc) is 2.80. The number of nitrogens with one attached hydrogen (secondary N) is 1. The second-order valence-corrected chi connectivity index (χ2v) is 6.25. The van der Waals surface area contributed by atoms with Gasteiger partial charge in [-0.3, -0.25) is 4.72 Å². The summed E-state index contributed by atoms with van der Waals surface area (Å²) in [6.07, 6.45) is 0. The zero-order chi connectivity index (χ0) is 14.9. The highest BCUT2D eigenvalue weighted by Gasteiger charge is 2.20. The highest BCUT2D eigenvalue weighted by molar-refractivity contribution is 7.92. The van der Waals surface area contributed by atoms with E-state index in [4.69, 9.17) is 5.11 Å². The van der Waals surface area contributed by atoms with Crippen molar-refractivity contribution < 1.29 is 27.1 Å². The topological polar surface area (TPSA) is 83.5 Å². The Labute approximate surface area is 116 Å². The summed E-state index contributed by atoms with van der Waals surface area (Å²) >= 11 is 0.839. The molecule has 0 spiro atoms. The molecule has 20 heavy (non-hydrogen) atoms. The summed E-state index contributed by atoms with van der Waals surface area (Å²) in [7, 11) is -4.19. The fourth-order valence-corrected chi connectivity index (χ4v) is 3.24. The molecule has 0 aliphatic carbocycles. The maximum Gasteiger partial charge on any atom is 0.348 e. The third-order valence-corrected chi connectivity index (χ3v) is 4.57. The van der Waals surface area contributed by atoms with Crippen molar-refractivity contribution in [3.05, 3.63) is 46.2 Å². The average molecular weight is 319 g/mol. The number of carboxylic acid groups (broad SMARTS) is 1. The Morgan fingerprint density at radius 2 is 1.90 bits per heavy atom. The van der Waals surface area contributed by atoms with Gasteiger partial charge in [-0.2, -0.15) is 0 Å². The number of carbonyl (C=O) groups is 1. The van der Waals surface area contributed by atoms with Gasteiger partial charge in [-0.1, -0.05) is 0 Å². The number of benzene rings is 1. The van der Waals surface area contributed by atoms with Gasteiger partial charge >= 0.3 is 5.97 Å². The summed E-state index contributed by atoms with van der Waals surface area (Å²) in [5, 5.41) is 10.3. The van der Waals surface area contributed by atoms with E-state index in [-0.39, 0.29) is 10.6 Å². The first-order valence-electron chi connectivity index (χ1n) is 5.10. The van der Waals surface area contributed by atoms with Crippen LogP contribution < -0.4 is 4.72 Å². The number of carboxylic acids is 1. The minimum atomic E-state index is -4.19. The van der Waals surface area contributed by atoms with Crippen molar-refractivity contribution in [1.82, 2.24) is 0 Å². The lowest BCUT2D eigenvalue weighted by atomic mass is 10.3. The van der Waals surface area contributed by atoms with Gasteiger partial charge in [0, 0.05) is 0 Å². The fraction of sp³-hybridized carbons (Fsp3) is 0. The number of anilines is 1. The van der Waals surface area contributed by atoms with Crippen LogP contribution >= 0.6 is 11.3 Å². The first kappa shape index (κ1) is 14.4. The number of hydrogen-bond donors (Lipinski definition) is 2. The summed E-state index contributed by atoms with van der Waals surface area (Å²) in [5.74, 6) is -3.77. The molecule has 1 aromatic heterocycles. The van der Waals surface area contributed by atoms with Gasteiger partial charge in [-0.25, -0.2) is 22.0 Å². The van der Waals surface area contributed by atoms with Crippen LogP contribution in [0.4, 0.5) is 14.5 Å². The zero-order valence-corrected chi connectivity index (χ0v) is 11.3. The Bertz CT molecular complexity index is 770. The number of hydrogen-bond acceptors (Lipinski definition) is 4. The van der Waals surface area contributed by atoms with E-state index in [1.165, 1.54) is 11.4 Å². The van der Waals surface area contributed by atoms with Crippen molar-refractivity contribution in [3.8, 4) is 0 Å². The van der Waals surface area contributed by atoms with Gasteiger partial charge in [-0.15, -0.1) is 11.3 Å². The fourth-order valence-electron chi connectivity index (χ4n) is 1.40. The van der Waals surface area contributed by atoms with E-state index in [1.807, 2.05) is 4.72 Å². The second-order valence-electron chi connectivity index (χ2n) is 3.65. The van der Waals surface area contributed by atoms with Crippen LogP contribution in [-0.2, 0) is 10.0 Å². The molecular formula is C11H7F2NO4S2. The number of aromatic carboxylic acids is 1. The standard InChI is InChI=1S/C11H7F2NO4S2/c12-7-2-1-6(5-8(7)13)20(17,18)14-9-3-4-19-10(9)11(15)16/h1-5,14H,(H,15,16). The monoisotopic (exact) mass is 319 g/mol. The Morgan fingerprint density at radius 3 is 2.50 bits per heavy atom. The summed E-state index contributed by atoms with van der Waals surface area (Å²) < 4.78 is 51.7. The van der Waals surface area contributed by atoms with E-state index < -0.39 is 32.5 Å². The van der Waals surface area contributed by atoms with Crippen LogP contribution in [0, 0.1) is 11.6 Å². The van der Waals surface area contributed by atoms with Gasteiger partial charge in [0.15, 0.2) is 11.6 Å². The molecule has 2 rings (SSSR count). The SMILES string of the molecule is O=C(O)c1sccc1NS(=O)(=O)c1ccc(F)c(F)c1. The highest BCUT2D eigenvalue weighted by atomic mass is 32.2. The molecule has 0 saturated carbocycles. The van der Waals surface area contributed by atoms with E-state index in [0.717, 1.165) is 17.4 Å². The summed E-state index contributed by atoms with van der Waals surface area (Å²) in [5.41, 5.74) is -0.132. The minimum absolute atomic E-state index is 0.132. The van der Waals surface area contributed by atoms with E-state index in [0.29, 0.717) is 12.1 Å². The van der Waals surface area contributed by atoms with Crippen molar-refractivity contribution in [1.29, 1.82) is 0 Å². The molecule has 0 aliphatic rings. The van der Waals surface area contributed by atoms with E-state index in [1.54, 1.807) is 0 Å². The minimum Gasteiger partial charge on any atom is -0.477 e. The van der Waals surface area contributed by atoms with Crippen LogP contribution in [0.1, 0.15) is 9.67 Å². The molecule has 2 N–H and O–H groups in total. The third kappa shape index (κ3) is 2.78. The first-order valence-corrected chi connectivity index (χ1v) is 7.46. The molecule has 9 heteroatoms. The van der Waals surface area contributed by atoms with Crippen LogP contribution in [-0.4, -0.2) is 19.5 Å². The van der Waals surface area contributed by atoms with Gasteiger partial charge in [0.25, 0.3) is 10.0 Å². The largest absolute Gasteiger partial charge is 0.477 e. The van der Waals surface area contributed by atoms with Crippen molar-refractivity contribution in [2.45, 2.75) is 4.90 Å². The first-order chi connectivity index (χ1) is 9.31. The number of thiophene rings is 1. The second kappa shape index (κ2) is 5.17. The Morgan fingerprint density at radius 1 is 1.20 bits per heavy atom. The molecule has 0 radical (unpaired) electrons. The predicted octanol–water partition coefficient (Wildman–Crippen LogP) is 2.53. The molecule has 1 aromatic carbocycles. The van der Waals surface area contributed by atoms with Gasteiger partial charge < -0.3 is 5.11 Å². The van der Waals surface area contributed by atoms with Gasteiger partial charge in [0.2, 0.25) is 0 Å². The van der Waals surface area contributed by atoms with Crippen LogP contribution in [0.2, 0.25) is 0 Å². The normalized spacial score (nSPS) is 11.3. The third-order valence-electron chi connectivity index (χ3n) is 2.31. The van der Waals surface area contributed by atoms with Crippen molar-refractivity contribution in [3.63, 3.8) is 0 Å². The maximum absolute atomic E-state index is 13.0. The zero-order valence-electron chi connectivity index (χ0n) is 9.63. The summed E-state index contributed by atoms with van der Waals surface area (Å²) in [6, 6.07) is 3.35. The molecule has 0 atom stereocenters. The smallest absolute Gasteiger partial charge is 0.348 e. The molecule has 0 aliphatic heterocycles. The predicted molar refractivity (Wildman–Crippen MR) is 68.4 cm³/mol. The molecule has 1 heterocycles. The van der Waals surface area contributed by atoms with Gasteiger partial charge in [-0.05, 0) is 29.6 Å². The number of halogens is 2. The van der Waals surface area contributed by atoms with E-state index >= 15 is 0 Å². The summed E-state index contributed by atoms with van der Waals surface area (Å²) in [4.78, 5) is 10.2. The molecule has 5 nitrogen and oxygen atoms in total. The molecular weight excluding hydrogens is 312 g/mol. The van der Waals surface area contributed by atoms with Crippen molar-refractivity contribution >= 4 is 33.0 Å². The lowest BCUT2D eigenvalue weighted by Gasteiger charge is -2.07. The summed E-state index contributed by atoms with van der Waals surface area (Å²) in [6.45, 7) is 0. The lowest BCUT2D eigenvalue weighted by Crippen LogP contribution is -2.14. The maximum atomic E-state index is 13.0. The lowest BCUT2D eigenvalue weighted by molar-refractivity contribution is 0.0703. The highest BCUT2D eigenvalue weighted by Crippen LogP contribution is 2.25. The molecule has 0 unspecified atom stereocenters. The number of rotatable bonds is 4. The molecule has 0 bridgehead atoms. The molecule has 0 saturated heterocycles. The Balaban J connectivity index is 2.38. The Hall–Kier alpha value is -2.00. The van der Waals surface area contributed by atoms with E-state index in [2.05, 4.69) is 0 Å². The Kier molecular flexibility index (Phi) is 3.73. The van der Waals surface area contributed by atoms with Crippen LogP contribution in [0.3, 0.4) is 0 Å².